The van der Waals surface area contributed by atoms with Gasteiger partial charge in [0.05, 0.1) is 17.6 Å². The van der Waals surface area contributed by atoms with Crippen LogP contribution in [0.15, 0.2) is 6.20 Å². The normalized spacial score (nSPS) is 9.80. The number of methoxy groups -OCH3 is 1. The number of hydrogen-bond acceptors (Lipinski definition) is 5. The molecule has 6 heteroatoms. The molecule has 0 bridgehead atoms. The van der Waals surface area contributed by atoms with Crippen molar-refractivity contribution < 1.29 is 14.5 Å². The first-order valence-electron chi connectivity index (χ1n) is 4.18. The number of carbonyl (C=O) groups is 1. The van der Waals surface area contributed by atoms with Gasteiger partial charge in [-0.1, -0.05) is 0 Å². The van der Waals surface area contributed by atoms with Crippen LogP contribution in [0.25, 0.3) is 0 Å². The number of carbonyl (C=O) groups excluding carboxylic acids is 1. The van der Waals surface area contributed by atoms with Crippen LogP contribution < -0.4 is 0 Å². The van der Waals surface area contributed by atoms with Gasteiger partial charge in [-0.2, -0.15) is 0 Å². The third-order valence-corrected chi connectivity index (χ3v) is 2.08. The summed E-state index contributed by atoms with van der Waals surface area (Å²) in [6.07, 6.45) is 1.28. The van der Waals surface area contributed by atoms with Gasteiger partial charge < -0.3 is 4.74 Å². The average molecular weight is 210 g/mol. The molecule has 15 heavy (non-hydrogen) atoms. The summed E-state index contributed by atoms with van der Waals surface area (Å²) in [4.78, 5) is 25.2. The Bertz CT molecular complexity index is 428. The zero-order valence-corrected chi connectivity index (χ0v) is 8.60. The minimum atomic E-state index is -0.622. The Morgan fingerprint density at radius 2 is 2.13 bits per heavy atom. The molecule has 0 N–H and O–H groups in total. The molecule has 0 radical (unpaired) electrons. The molecule has 1 rings (SSSR count). The fraction of sp³-hybridized carbons (Fsp3) is 0.333. The molecule has 0 aliphatic carbocycles. The van der Waals surface area contributed by atoms with Crippen molar-refractivity contribution in [1.82, 2.24) is 4.98 Å². The standard InChI is InChI=1S/C9H10N2O4/c1-5-7(9(12)15-3)4-10-6(2)8(5)11(13)14/h4H,1-3H3. The summed E-state index contributed by atoms with van der Waals surface area (Å²) in [5, 5.41) is 10.7. The van der Waals surface area contributed by atoms with E-state index in [1.807, 2.05) is 0 Å². The third-order valence-electron chi connectivity index (χ3n) is 2.08. The summed E-state index contributed by atoms with van der Waals surface area (Å²) in [6, 6.07) is 0. The van der Waals surface area contributed by atoms with Crippen LogP contribution in [0.4, 0.5) is 5.69 Å². The molecule has 80 valence electrons. The van der Waals surface area contributed by atoms with E-state index in [9.17, 15) is 14.9 Å². The summed E-state index contributed by atoms with van der Waals surface area (Å²) in [6.45, 7) is 3.02. The van der Waals surface area contributed by atoms with E-state index in [1.165, 1.54) is 27.2 Å². The third kappa shape index (κ3) is 1.93. The Labute approximate surface area is 86.0 Å². The van der Waals surface area contributed by atoms with Crippen LogP contribution in [0.2, 0.25) is 0 Å². The molecule has 0 atom stereocenters. The molecular formula is C9H10N2O4. The molecule has 0 amide bonds. The first-order chi connectivity index (χ1) is 6.99. The predicted molar refractivity (Wildman–Crippen MR) is 51.7 cm³/mol. The molecule has 6 nitrogen and oxygen atoms in total. The zero-order chi connectivity index (χ0) is 11.6. The van der Waals surface area contributed by atoms with E-state index in [0.29, 0.717) is 0 Å². The second kappa shape index (κ2) is 4.04. The highest BCUT2D eigenvalue weighted by Crippen LogP contribution is 2.23. The number of nitro groups is 1. The molecule has 1 heterocycles. The van der Waals surface area contributed by atoms with Crippen LogP contribution >= 0.6 is 0 Å². The molecule has 0 aliphatic heterocycles. The van der Waals surface area contributed by atoms with Crippen molar-refractivity contribution in [1.29, 1.82) is 0 Å². The van der Waals surface area contributed by atoms with E-state index >= 15 is 0 Å². The minimum absolute atomic E-state index is 0.120. The fourth-order valence-corrected chi connectivity index (χ4v) is 1.30. The molecule has 0 unspecified atom stereocenters. The van der Waals surface area contributed by atoms with Gasteiger partial charge in [0, 0.05) is 11.8 Å². The van der Waals surface area contributed by atoms with E-state index in [4.69, 9.17) is 0 Å². The van der Waals surface area contributed by atoms with Crippen LogP contribution in [0.3, 0.4) is 0 Å². The van der Waals surface area contributed by atoms with Gasteiger partial charge in [-0.05, 0) is 13.8 Å². The van der Waals surface area contributed by atoms with E-state index in [1.54, 1.807) is 0 Å². The van der Waals surface area contributed by atoms with E-state index in [-0.39, 0.29) is 22.5 Å². The molecule has 0 aliphatic rings. The Balaban J connectivity index is 3.41. The number of hydrogen-bond donors (Lipinski definition) is 0. The highest BCUT2D eigenvalue weighted by Gasteiger charge is 2.22. The molecule has 0 saturated carbocycles. The Hall–Kier alpha value is -1.98. The largest absolute Gasteiger partial charge is 0.465 e. The van der Waals surface area contributed by atoms with Gasteiger partial charge in [0.1, 0.15) is 5.69 Å². The summed E-state index contributed by atoms with van der Waals surface area (Å²) in [7, 11) is 1.22. The second-order valence-corrected chi connectivity index (χ2v) is 2.98. The number of esters is 1. The van der Waals surface area contributed by atoms with E-state index < -0.39 is 10.9 Å². The monoisotopic (exact) mass is 210 g/mol. The topological polar surface area (TPSA) is 82.3 Å². The number of aryl methyl sites for hydroxylation is 1. The summed E-state index contributed by atoms with van der Waals surface area (Å²) >= 11 is 0. The lowest BCUT2D eigenvalue weighted by Crippen LogP contribution is -2.08. The number of aromatic nitrogens is 1. The lowest BCUT2D eigenvalue weighted by Gasteiger charge is -2.05. The van der Waals surface area contributed by atoms with Crippen molar-refractivity contribution in [3.63, 3.8) is 0 Å². The van der Waals surface area contributed by atoms with Crippen molar-refractivity contribution in [3.8, 4) is 0 Å². The Morgan fingerprint density at radius 1 is 1.53 bits per heavy atom. The van der Waals surface area contributed by atoms with E-state index in [2.05, 4.69) is 9.72 Å². The van der Waals surface area contributed by atoms with Crippen LogP contribution in [-0.4, -0.2) is 23.0 Å². The van der Waals surface area contributed by atoms with Crippen molar-refractivity contribution in [2.75, 3.05) is 7.11 Å². The molecule has 0 aromatic carbocycles. The lowest BCUT2D eigenvalue weighted by molar-refractivity contribution is -0.386. The Kier molecular flexibility index (Phi) is 2.99. The zero-order valence-electron chi connectivity index (χ0n) is 8.60. The second-order valence-electron chi connectivity index (χ2n) is 2.98. The van der Waals surface area contributed by atoms with Crippen molar-refractivity contribution in [2.45, 2.75) is 13.8 Å². The van der Waals surface area contributed by atoms with Gasteiger partial charge in [0.2, 0.25) is 0 Å². The van der Waals surface area contributed by atoms with Crippen LogP contribution in [0.1, 0.15) is 21.6 Å². The average Bonchev–Trinajstić information content (AvgIpc) is 2.16. The number of pyridine rings is 1. The fourth-order valence-electron chi connectivity index (χ4n) is 1.30. The summed E-state index contributed by atoms with van der Waals surface area (Å²) in [5.41, 5.74) is 0.539. The molecular weight excluding hydrogens is 200 g/mol. The van der Waals surface area contributed by atoms with Crippen LogP contribution in [0, 0.1) is 24.0 Å². The van der Waals surface area contributed by atoms with Gasteiger partial charge in [0.15, 0.2) is 0 Å². The maximum Gasteiger partial charge on any atom is 0.339 e. The van der Waals surface area contributed by atoms with Crippen molar-refractivity contribution in [3.05, 3.63) is 33.1 Å². The predicted octanol–water partition coefficient (Wildman–Crippen LogP) is 1.39. The first kappa shape index (κ1) is 11.1. The van der Waals surface area contributed by atoms with Gasteiger partial charge in [-0.15, -0.1) is 0 Å². The molecule has 1 aromatic rings. The smallest absolute Gasteiger partial charge is 0.339 e. The van der Waals surface area contributed by atoms with Crippen LogP contribution in [-0.2, 0) is 4.74 Å². The summed E-state index contributed by atoms with van der Waals surface area (Å²) in [5.74, 6) is -0.622. The number of ether oxygens (including phenoxy) is 1. The summed E-state index contributed by atoms with van der Waals surface area (Å²) < 4.78 is 4.49. The number of rotatable bonds is 2. The van der Waals surface area contributed by atoms with Gasteiger partial charge in [0.25, 0.3) is 5.69 Å². The quantitative estimate of drug-likeness (QED) is 0.418. The lowest BCUT2D eigenvalue weighted by atomic mass is 10.1. The maximum absolute atomic E-state index is 11.2. The molecule has 1 aromatic heterocycles. The highest BCUT2D eigenvalue weighted by molar-refractivity contribution is 5.91. The van der Waals surface area contributed by atoms with E-state index in [0.717, 1.165) is 0 Å². The van der Waals surface area contributed by atoms with Gasteiger partial charge in [-0.25, -0.2) is 4.79 Å². The van der Waals surface area contributed by atoms with Crippen LogP contribution in [0.5, 0.6) is 0 Å². The maximum atomic E-state index is 11.2. The van der Waals surface area contributed by atoms with Gasteiger partial charge in [-0.3, -0.25) is 15.1 Å². The molecule has 0 fully saturated rings. The SMILES string of the molecule is COC(=O)c1cnc(C)c([N+](=O)[O-])c1C. The van der Waals surface area contributed by atoms with Crippen molar-refractivity contribution >= 4 is 11.7 Å². The Morgan fingerprint density at radius 3 is 2.60 bits per heavy atom. The van der Waals surface area contributed by atoms with Crippen molar-refractivity contribution in [2.24, 2.45) is 0 Å². The molecule has 0 saturated heterocycles. The molecule has 0 spiro atoms. The minimum Gasteiger partial charge on any atom is -0.465 e. The number of nitrogens with zero attached hydrogens (tertiary/aromatic N) is 2. The first-order valence-corrected chi connectivity index (χ1v) is 4.18. The highest BCUT2D eigenvalue weighted by atomic mass is 16.6. The van der Waals surface area contributed by atoms with Gasteiger partial charge >= 0.3 is 5.97 Å².